The van der Waals surface area contributed by atoms with Crippen molar-refractivity contribution in [3.63, 3.8) is 0 Å². The van der Waals surface area contributed by atoms with Crippen molar-refractivity contribution in [1.82, 2.24) is 0 Å². The van der Waals surface area contributed by atoms with E-state index in [4.69, 9.17) is 0 Å². The van der Waals surface area contributed by atoms with Crippen molar-refractivity contribution in [2.75, 3.05) is 0 Å². The van der Waals surface area contributed by atoms with Crippen molar-refractivity contribution < 1.29 is 4.79 Å². The molecule has 1 heterocycles. The predicted octanol–water partition coefficient (Wildman–Crippen LogP) is 4.05. The highest BCUT2D eigenvalue weighted by Gasteiger charge is 2.12. The molecule has 0 aromatic carbocycles. The third-order valence-electron chi connectivity index (χ3n) is 1.73. The fourth-order valence-corrected chi connectivity index (χ4v) is 2.55. The first-order chi connectivity index (χ1) is 6.00. The second kappa shape index (κ2) is 4.38. The fourth-order valence-electron chi connectivity index (χ4n) is 1.07. The average molecular weight is 261 g/mol. The quantitative estimate of drug-likeness (QED) is 0.750. The van der Waals surface area contributed by atoms with E-state index in [0.29, 0.717) is 12.3 Å². The lowest BCUT2D eigenvalue weighted by atomic mass is 10.1. The summed E-state index contributed by atoms with van der Waals surface area (Å²) in [5.41, 5.74) is 0. The number of halogens is 1. The van der Waals surface area contributed by atoms with Crippen molar-refractivity contribution in [2.45, 2.75) is 27.2 Å². The first-order valence-corrected chi connectivity index (χ1v) is 5.90. The van der Waals surface area contributed by atoms with E-state index in [2.05, 4.69) is 29.8 Å². The van der Waals surface area contributed by atoms with Crippen LogP contribution in [-0.4, -0.2) is 5.78 Å². The van der Waals surface area contributed by atoms with Gasteiger partial charge in [-0.1, -0.05) is 13.8 Å². The van der Waals surface area contributed by atoms with E-state index in [-0.39, 0.29) is 5.78 Å². The maximum Gasteiger partial charge on any atom is 0.173 e. The molecule has 3 heteroatoms. The van der Waals surface area contributed by atoms with Crippen molar-refractivity contribution in [3.8, 4) is 0 Å². The number of thiophene rings is 1. The van der Waals surface area contributed by atoms with Gasteiger partial charge in [-0.15, -0.1) is 11.3 Å². The molecule has 0 aliphatic rings. The highest BCUT2D eigenvalue weighted by atomic mass is 79.9. The lowest BCUT2D eigenvalue weighted by Crippen LogP contribution is -2.00. The molecule has 13 heavy (non-hydrogen) atoms. The van der Waals surface area contributed by atoms with Gasteiger partial charge < -0.3 is 0 Å². The summed E-state index contributed by atoms with van der Waals surface area (Å²) in [4.78, 5) is 13.7. The van der Waals surface area contributed by atoms with Gasteiger partial charge in [-0.2, -0.15) is 0 Å². The molecular weight excluding hydrogens is 248 g/mol. The summed E-state index contributed by atoms with van der Waals surface area (Å²) in [7, 11) is 0. The third kappa shape index (κ3) is 2.92. The van der Waals surface area contributed by atoms with Gasteiger partial charge in [-0.25, -0.2) is 0 Å². The van der Waals surface area contributed by atoms with Crippen LogP contribution >= 0.6 is 27.3 Å². The van der Waals surface area contributed by atoms with Crippen LogP contribution in [0.1, 0.15) is 34.8 Å². The molecule has 0 radical (unpaired) electrons. The average Bonchev–Trinajstić information content (AvgIpc) is 2.31. The zero-order chi connectivity index (χ0) is 10.0. The van der Waals surface area contributed by atoms with E-state index < -0.39 is 0 Å². The Morgan fingerprint density at radius 1 is 1.62 bits per heavy atom. The first-order valence-electron chi connectivity index (χ1n) is 4.30. The molecule has 1 nitrogen and oxygen atoms in total. The van der Waals surface area contributed by atoms with E-state index in [0.717, 1.165) is 9.35 Å². The lowest BCUT2D eigenvalue weighted by Gasteiger charge is -2.00. The molecule has 0 atom stereocenters. The van der Waals surface area contributed by atoms with Crippen molar-refractivity contribution >= 4 is 33.0 Å². The molecule has 0 unspecified atom stereocenters. The van der Waals surface area contributed by atoms with Crippen molar-refractivity contribution in [1.29, 1.82) is 0 Å². The van der Waals surface area contributed by atoms with Crippen LogP contribution in [0.5, 0.6) is 0 Å². The van der Waals surface area contributed by atoms with Gasteiger partial charge in [0, 0.05) is 15.8 Å². The largest absolute Gasteiger partial charge is 0.293 e. The molecule has 0 saturated carbocycles. The molecule has 0 spiro atoms. The van der Waals surface area contributed by atoms with Gasteiger partial charge in [0.25, 0.3) is 0 Å². The molecule has 1 rings (SSSR count). The van der Waals surface area contributed by atoms with Crippen LogP contribution in [0, 0.1) is 12.8 Å². The van der Waals surface area contributed by atoms with Gasteiger partial charge in [0.2, 0.25) is 0 Å². The maximum atomic E-state index is 11.6. The Bertz CT molecular complexity index is 295. The van der Waals surface area contributed by atoms with Crippen LogP contribution in [0.15, 0.2) is 10.5 Å². The normalized spacial score (nSPS) is 10.8. The van der Waals surface area contributed by atoms with E-state index in [1.165, 1.54) is 4.88 Å². The summed E-state index contributed by atoms with van der Waals surface area (Å²) >= 11 is 4.98. The zero-order valence-electron chi connectivity index (χ0n) is 8.06. The number of aryl methyl sites for hydroxylation is 1. The number of Topliss-reactive ketones (excluding diaryl/α,β-unsaturated/α-hetero) is 1. The second-order valence-corrected chi connectivity index (χ2v) is 5.65. The minimum Gasteiger partial charge on any atom is -0.293 e. The molecule has 0 amide bonds. The molecule has 0 saturated heterocycles. The van der Waals surface area contributed by atoms with Gasteiger partial charge in [0.05, 0.1) is 4.88 Å². The lowest BCUT2D eigenvalue weighted by molar-refractivity contribution is 0.0972. The molecule has 0 N–H and O–H groups in total. The highest BCUT2D eigenvalue weighted by molar-refractivity contribution is 9.10. The molecule has 1 aromatic rings. The van der Waals surface area contributed by atoms with Gasteiger partial charge in [-0.3, -0.25) is 4.79 Å². The summed E-state index contributed by atoms with van der Waals surface area (Å²) < 4.78 is 1.05. The monoisotopic (exact) mass is 260 g/mol. The Hall–Kier alpha value is -0.150. The van der Waals surface area contributed by atoms with Gasteiger partial charge in [0.15, 0.2) is 5.78 Å². The van der Waals surface area contributed by atoms with Gasteiger partial charge in [0.1, 0.15) is 0 Å². The van der Waals surface area contributed by atoms with E-state index in [1.807, 2.05) is 13.0 Å². The molecule has 0 fully saturated rings. The number of ketones is 1. The standard InChI is InChI=1S/C10H13BrOS/c1-6(2)4-9(12)10-5-8(11)7(3)13-10/h5-6H,4H2,1-3H3. The number of hydrogen-bond acceptors (Lipinski definition) is 2. The molecule has 0 bridgehead atoms. The second-order valence-electron chi connectivity index (χ2n) is 3.54. The van der Waals surface area contributed by atoms with Crippen LogP contribution in [0.2, 0.25) is 0 Å². The molecule has 0 aliphatic heterocycles. The molecule has 0 aliphatic carbocycles. The topological polar surface area (TPSA) is 17.1 Å². The van der Waals surface area contributed by atoms with Crippen LogP contribution in [-0.2, 0) is 0 Å². The fraction of sp³-hybridized carbons (Fsp3) is 0.500. The molecule has 1 aromatic heterocycles. The van der Waals surface area contributed by atoms with E-state index in [1.54, 1.807) is 11.3 Å². The zero-order valence-corrected chi connectivity index (χ0v) is 10.5. The van der Waals surface area contributed by atoms with Crippen LogP contribution in [0.3, 0.4) is 0 Å². The molecule has 72 valence electrons. The minimum atomic E-state index is 0.258. The summed E-state index contributed by atoms with van der Waals surface area (Å²) in [5.74, 6) is 0.697. The Morgan fingerprint density at radius 3 is 2.62 bits per heavy atom. The Labute approximate surface area is 91.3 Å². The van der Waals surface area contributed by atoms with E-state index >= 15 is 0 Å². The summed E-state index contributed by atoms with van der Waals surface area (Å²) in [6, 6.07) is 1.92. The third-order valence-corrected chi connectivity index (χ3v) is 3.90. The van der Waals surface area contributed by atoms with Gasteiger partial charge in [-0.05, 0) is 34.8 Å². The molecular formula is C10H13BrOS. The van der Waals surface area contributed by atoms with Crippen molar-refractivity contribution in [2.24, 2.45) is 5.92 Å². The van der Waals surface area contributed by atoms with E-state index in [9.17, 15) is 4.79 Å². The number of rotatable bonds is 3. The highest BCUT2D eigenvalue weighted by Crippen LogP contribution is 2.27. The van der Waals surface area contributed by atoms with Crippen LogP contribution in [0.25, 0.3) is 0 Å². The Balaban J connectivity index is 2.77. The summed E-state index contributed by atoms with van der Waals surface area (Å²) in [6.07, 6.45) is 0.645. The van der Waals surface area contributed by atoms with Gasteiger partial charge >= 0.3 is 0 Å². The number of hydrogen-bond donors (Lipinski definition) is 0. The van der Waals surface area contributed by atoms with Crippen LogP contribution in [0.4, 0.5) is 0 Å². The maximum absolute atomic E-state index is 11.6. The van der Waals surface area contributed by atoms with Crippen molar-refractivity contribution in [3.05, 3.63) is 20.3 Å². The van der Waals surface area contributed by atoms with Crippen LogP contribution < -0.4 is 0 Å². The predicted molar refractivity (Wildman–Crippen MR) is 60.5 cm³/mol. The number of carbonyl (C=O) groups is 1. The summed E-state index contributed by atoms with van der Waals surface area (Å²) in [5, 5.41) is 0. The summed E-state index contributed by atoms with van der Waals surface area (Å²) in [6.45, 7) is 6.14. The first kappa shape index (κ1) is 10.9. The Morgan fingerprint density at radius 2 is 2.23 bits per heavy atom. The minimum absolute atomic E-state index is 0.258. The number of carbonyl (C=O) groups excluding carboxylic acids is 1. The SMILES string of the molecule is Cc1sc(C(=O)CC(C)C)cc1Br. The smallest absolute Gasteiger partial charge is 0.173 e. The Kier molecular flexibility index (Phi) is 3.68.